The second kappa shape index (κ2) is 11.3. The molecule has 30 heavy (non-hydrogen) atoms. The summed E-state index contributed by atoms with van der Waals surface area (Å²) in [5, 5.41) is 0. The quantitative estimate of drug-likeness (QED) is 0.221. The Balaban J connectivity index is 2.71. The van der Waals surface area contributed by atoms with Crippen molar-refractivity contribution in [2.24, 2.45) is 11.8 Å². The molecule has 2 atom stereocenters. The van der Waals surface area contributed by atoms with E-state index in [1.165, 1.54) is 23.1 Å². The lowest BCUT2D eigenvalue weighted by Crippen LogP contribution is -2.22. The van der Waals surface area contributed by atoms with Crippen molar-refractivity contribution in [1.82, 2.24) is 0 Å². The maximum absolute atomic E-state index is 13.1. The standard InChI is InChI=1S/C28H46O2/c1-20(2)12-11-13-21(3)14-15-30-19-22(4)26(29)23-16-24(27(5,6)7)18-25(17-23)28(8,9)10/h12,16-18,21-22H,11,13-15,19H2,1-10H3/t21-,22?/m1/s1. The lowest BCUT2D eigenvalue weighted by atomic mass is 9.78. The average Bonchev–Trinajstić information content (AvgIpc) is 2.62. The smallest absolute Gasteiger partial charge is 0.167 e. The summed E-state index contributed by atoms with van der Waals surface area (Å²) in [5.41, 5.74) is 4.66. The van der Waals surface area contributed by atoms with E-state index >= 15 is 0 Å². The van der Waals surface area contributed by atoms with Crippen molar-refractivity contribution < 1.29 is 9.53 Å². The molecule has 0 fully saturated rings. The van der Waals surface area contributed by atoms with Gasteiger partial charge in [0.05, 0.1) is 6.61 Å². The van der Waals surface area contributed by atoms with Gasteiger partial charge in [0.25, 0.3) is 0 Å². The van der Waals surface area contributed by atoms with Crippen LogP contribution in [0.1, 0.15) is 110 Å². The summed E-state index contributed by atoms with van der Waals surface area (Å²) in [7, 11) is 0. The highest BCUT2D eigenvalue weighted by atomic mass is 16.5. The van der Waals surface area contributed by atoms with E-state index in [2.05, 4.69) is 86.6 Å². The van der Waals surface area contributed by atoms with Gasteiger partial charge in [-0.05, 0) is 73.1 Å². The molecule has 1 rings (SSSR count). The van der Waals surface area contributed by atoms with E-state index in [0.29, 0.717) is 12.5 Å². The van der Waals surface area contributed by atoms with E-state index < -0.39 is 0 Å². The molecule has 0 bridgehead atoms. The average molecular weight is 415 g/mol. The van der Waals surface area contributed by atoms with Crippen LogP contribution in [0, 0.1) is 11.8 Å². The predicted molar refractivity (Wildman–Crippen MR) is 131 cm³/mol. The zero-order valence-corrected chi connectivity index (χ0v) is 21.3. The third kappa shape index (κ3) is 9.16. The van der Waals surface area contributed by atoms with Gasteiger partial charge in [-0.25, -0.2) is 0 Å². The van der Waals surface area contributed by atoms with Crippen LogP contribution in [0.15, 0.2) is 29.8 Å². The number of hydrogen-bond acceptors (Lipinski definition) is 2. The molecule has 0 aliphatic heterocycles. The van der Waals surface area contributed by atoms with Crippen molar-refractivity contribution in [2.45, 2.75) is 99.3 Å². The molecule has 0 saturated heterocycles. The van der Waals surface area contributed by atoms with Crippen LogP contribution < -0.4 is 0 Å². The molecular formula is C28H46O2. The molecule has 2 nitrogen and oxygen atoms in total. The van der Waals surface area contributed by atoms with E-state index in [1.54, 1.807) is 0 Å². The first-order valence-corrected chi connectivity index (χ1v) is 11.6. The molecule has 1 unspecified atom stereocenters. The third-order valence-corrected chi connectivity index (χ3v) is 5.73. The minimum Gasteiger partial charge on any atom is -0.381 e. The monoisotopic (exact) mass is 414 g/mol. The largest absolute Gasteiger partial charge is 0.381 e. The lowest BCUT2D eigenvalue weighted by molar-refractivity contribution is 0.0700. The normalized spacial score (nSPS) is 14.3. The van der Waals surface area contributed by atoms with Crippen LogP contribution in [0.3, 0.4) is 0 Å². The minimum atomic E-state index is -0.131. The number of ketones is 1. The summed E-state index contributed by atoms with van der Waals surface area (Å²) >= 11 is 0. The number of Topliss-reactive ketones (excluding diaryl/α,β-unsaturated/α-hetero) is 1. The fraction of sp³-hybridized carbons (Fsp3) is 0.679. The zero-order valence-electron chi connectivity index (χ0n) is 21.3. The van der Waals surface area contributed by atoms with E-state index in [0.717, 1.165) is 25.0 Å². The fourth-order valence-electron chi connectivity index (χ4n) is 3.34. The molecule has 1 aromatic rings. The SMILES string of the molecule is CC(C)=CCC[C@@H](C)CCOCC(C)C(=O)c1cc(C(C)(C)C)cc(C(C)(C)C)c1. The van der Waals surface area contributed by atoms with E-state index in [9.17, 15) is 4.79 Å². The predicted octanol–water partition coefficient (Wildman–Crippen LogP) is 7.89. The van der Waals surface area contributed by atoms with Crippen LogP contribution in [0.2, 0.25) is 0 Å². The molecule has 2 heteroatoms. The Kier molecular flexibility index (Phi) is 10.0. The number of benzene rings is 1. The molecule has 0 radical (unpaired) electrons. The molecule has 170 valence electrons. The Bertz CT molecular complexity index is 677. The molecule has 0 N–H and O–H groups in total. The summed E-state index contributed by atoms with van der Waals surface area (Å²) in [6, 6.07) is 6.42. The van der Waals surface area contributed by atoms with Crippen molar-refractivity contribution in [1.29, 1.82) is 0 Å². The summed E-state index contributed by atoms with van der Waals surface area (Å²) in [5.74, 6) is 0.696. The first kappa shape index (κ1) is 26.6. The summed E-state index contributed by atoms with van der Waals surface area (Å²) in [6.07, 6.45) is 5.68. The number of rotatable bonds is 10. The molecule has 0 aliphatic rings. The first-order valence-electron chi connectivity index (χ1n) is 11.6. The molecule has 0 amide bonds. The number of hydrogen-bond donors (Lipinski definition) is 0. The van der Waals surface area contributed by atoms with Crippen molar-refractivity contribution in [2.75, 3.05) is 13.2 Å². The van der Waals surface area contributed by atoms with E-state index in [4.69, 9.17) is 4.74 Å². The second-order valence-electron chi connectivity index (χ2n) is 11.4. The van der Waals surface area contributed by atoms with Gasteiger partial charge in [0.15, 0.2) is 5.78 Å². The summed E-state index contributed by atoms with van der Waals surface area (Å²) < 4.78 is 5.89. The molecule has 1 aromatic carbocycles. The number of carbonyl (C=O) groups excluding carboxylic acids is 1. The Morgan fingerprint density at radius 2 is 1.47 bits per heavy atom. The number of allylic oxidation sites excluding steroid dienone is 2. The van der Waals surface area contributed by atoms with Crippen LogP contribution in [0.5, 0.6) is 0 Å². The van der Waals surface area contributed by atoms with Gasteiger partial charge in [-0.1, -0.05) is 73.1 Å². The van der Waals surface area contributed by atoms with Crippen molar-refractivity contribution in [3.8, 4) is 0 Å². The second-order valence-corrected chi connectivity index (χ2v) is 11.4. The van der Waals surface area contributed by atoms with E-state index in [-0.39, 0.29) is 22.5 Å². The topological polar surface area (TPSA) is 26.3 Å². The highest BCUT2D eigenvalue weighted by molar-refractivity contribution is 5.98. The van der Waals surface area contributed by atoms with Gasteiger partial charge in [-0.3, -0.25) is 4.79 Å². The van der Waals surface area contributed by atoms with E-state index in [1.807, 2.05) is 6.92 Å². The Hall–Kier alpha value is -1.41. The Labute approximate surface area is 186 Å². The molecule has 0 spiro atoms. The number of carbonyl (C=O) groups is 1. The summed E-state index contributed by atoms with van der Waals surface area (Å²) in [6.45, 7) is 23.0. The van der Waals surface area contributed by atoms with Gasteiger partial charge in [0, 0.05) is 18.1 Å². The molecule has 0 aromatic heterocycles. The molecule has 0 saturated carbocycles. The van der Waals surface area contributed by atoms with Crippen LogP contribution >= 0.6 is 0 Å². The van der Waals surface area contributed by atoms with Gasteiger partial charge in [-0.15, -0.1) is 0 Å². The third-order valence-electron chi connectivity index (χ3n) is 5.73. The van der Waals surface area contributed by atoms with Gasteiger partial charge < -0.3 is 4.74 Å². The Morgan fingerprint density at radius 3 is 1.93 bits per heavy atom. The highest BCUT2D eigenvalue weighted by Gasteiger charge is 2.24. The maximum atomic E-state index is 13.1. The van der Waals surface area contributed by atoms with Gasteiger partial charge >= 0.3 is 0 Å². The van der Waals surface area contributed by atoms with Crippen LogP contribution in [-0.4, -0.2) is 19.0 Å². The number of ether oxygens (including phenoxy) is 1. The minimum absolute atomic E-state index is 0.0116. The first-order chi connectivity index (χ1) is 13.7. The van der Waals surface area contributed by atoms with Gasteiger partial charge in [-0.2, -0.15) is 0 Å². The van der Waals surface area contributed by atoms with Crippen molar-refractivity contribution in [3.05, 3.63) is 46.5 Å². The molecular weight excluding hydrogens is 368 g/mol. The van der Waals surface area contributed by atoms with Gasteiger partial charge in [0.1, 0.15) is 0 Å². The van der Waals surface area contributed by atoms with Gasteiger partial charge in [0.2, 0.25) is 0 Å². The maximum Gasteiger partial charge on any atom is 0.167 e. The summed E-state index contributed by atoms with van der Waals surface area (Å²) in [4.78, 5) is 13.1. The van der Waals surface area contributed by atoms with Crippen LogP contribution in [0.25, 0.3) is 0 Å². The zero-order chi connectivity index (χ0) is 23.1. The van der Waals surface area contributed by atoms with Crippen LogP contribution in [0.4, 0.5) is 0 Å². The fourth-order valence-corrected chi connectivity index (χ4v) is 3.34. The molecule has 0 aliphatic carbocycles. The van der Waals surface area contributed by atoms with Crippen molar-refractivity contribution in [3.63, 3.8) is 0 Å². The molecule has 0 heterocycles. The van der Waals surface area contributed by atoms with Crippen LogP contribution in [-0.2, 0) is 15.6 Å². The van der Waals surface area contributed by atoms with Crippen molar-refractivity contribution >= 4 is 5.78 Å². The Morgan fingerprint density at radius 1 is 0.933 bits per heavy atom. The lowest BCUT2D eigenvalue weighted by Gasteiger charge is -2.26. The highest BCUT2D eigenvalue weighted by Crippen LogP contribution is 2.31.